The van der Waals surface area contributed by atoms with E-state index in [1.54, 1.807) is 31.5 Å². The number of alkyl halides is 1. The number of hydrogen-bond donors (Lipinski definition) is 2. The van der Waals surface area contributed by atoms with Crippen LogP contribution in [-0.2, 0) is 0 Å². The third kappa shape index (κ3) is 3.75. The maximum absolute atomic E-state index is 14.7. The van der Waals surface area contributed by atoms with Gasteiger partial charge in [-0.1, -0.05) is 23.3 Å². The van der Waals surface area contributed by atoms with Gasteiger partial charge in [-0.05, 0) is 36.2 Å². The van der Waals surface area contributed by atoms with E-state index in [2.05, 4.69) is 25.5 Å². The van der Waals surface area contributed by atoms with Crippen molar-refractivity contribution in [3.05, 3.63) is 54.9 Å². The number of aromatic nitrogens is 4. The number of hydrogen-bond acceptors (Lipinski definition) is 8. The lowest BCUT2D eigenvalue weighted by Crippen LogP contribution is -2.57. The van der Waals surface area contributed by atoms with Crippen LogP contribution in [0.1, 0.15) is 13.3 Å². The first kappa shape index (κ1) is 20.3. The molecule has 2 bridgehead atoms. The number of phenols is 1. The first-order valence-corrected chi connectivity index (χ1v) is 10.3. The van der Waals surface area contributed by atoms with Gasteiger partial charge in [-0.25, -0.2) is 14.4 Å². The van der Waals surface area contributed by atoms with Gasteiger partial charge in [0.2, 0.25) is 5.88 Å². The first-order chi connectivity index (χ1) is 15.4. The predicted molar refractivity (Wildman–Crippen MR) is 115 cm³/mol. The molecule has 4 atom stereocenters. The number of piperidine rings is 1. The van der Waals surface area contributed by atoms with Crippen molar-refractivity contribution in [1.29, 1.82) is 0 Å². The number of aromatic hydroxyl groups is 1. The third-order valence-corrected chi connectivity index (χ3v) is 5.84. The molecule has 5 rings (SSSR count). The molecular formula is C23H22FN5O3. The molecule has 32 heavy (non-hydrogen) atoms. The van der Waals surface area contributed by atoms with Crippen molar-refractivity contribution in [2.24, 2.45) is 0 Å². The lowest BCUT2D eigenvalue weighted by atomic mass is 9.90. The summed E-state index contributed by atoms with van der Waals surface area (Å²) in [5, 5.41) is 21.9. The molecule has 0 amide bonds. The molecular weight excluding hydrogens is 413 g/mol. The van der Waals surface area contributed by atoms with Crippen molar-refractivity contribution in [3.8, 4) is 40.0 Å². The van der Waals surface area contributed by atoms with Crippen molar-refractivity contribution in [2.45, 2.75) is 37.2 Å². The Bertz CT molecular complexity index is 1170. The lowest BCUT2D eigenvalue weighted by Gasteiger charge is -2.38. The molecule has 0 saturated carbocycles. The average molecular weight is 435 g/mol. The van der Waals surface area contributed by atoms with E-state index in [-0.39, 0.29) is 23.3 Å². The summed E-state index contributed by atoms with van der Waals surface area (Å²) in [5.74, 6) is 0.513. The molecule has 9 heteroatoms. The topological polar surface area (TPSA) is 102 Å². The number of ether oxygens (including phenoxy) is 2. The van der Waals surface area contributed by atoms with E-state index < -0.39 is 12.3 Å². The minimum absolute atomic E-state index is 0.00582. The summed E-state index contributed by atoms with van der Waals surface area (Å²) >= 11 is 0. The predicted octanol–water partition coefficient (Wildman–Crippen LogP) is 3.09. The Balaban J connectivity index is 1.33. The van der Waals surface area contributed by atoms with Gasteiger partial charge >= 0.3 is 6.01 Å². The van der Waals surface area contributed by atoms with Crippen LogP contribution < -0.4 is 14.8 Å². The molecule has 0 spiro atoms. The molecule has 2 N–H and O–H groups in total. The van der Waals surface area contributed by atoms with Gasteiger partial charge in [-0.15, -0.1) is 5.10 Å². The van der Waals surface area contributed by atoms with E-state index in [4.69, 9.17) is 9.47 Å². The fraction of sp³-hybridized carbons (Fsp3) is 0.304. The van der Waals surface area contributed by atoms with Crippen LogP contribution in [0.2, 0.25) is 0 Å². The summed E-state index contributed by atoms with van der Waals surface area (Å²) in [4.78, 5) is 8.27. The van der Waals surface area contributed by atoms with E-state index >= 15 is 0 Å². The van der Waals surface area contributed by atoms with E-state index in [0.29, 0.717) is 23.6 Å². The van der Waals surface area contributed by atoms with Gasteiger partial charge in [-0.2, -0.15) is 0 Å². The number of nitrogens with zero attached hydrogens (tertiary/aromatic N) is 4. The summed E-state index contributed by atoms with van der Waals surface area (Å²) in [6.07, 6.45) is 5.51. The minimum Gasteiger partial charge on any atom is -0.507 e. The van der Waals surface area contributed by atoms with Crippen LogP contribution in [0.25, 0.3) is 22.4 Å². The second-order valence-corrected chi connectivity index (χ2v) is 8.20. The van der Waals surface area contributed by atoms with Crippen molar-refractivity contribution >= 4 is 0 Å². The molecule has 4 heterocycles. The second-order valence-electron chi connectivity index (χ2n) is 8.20. The quantitative estimate of drug-likeness (QED) is 0.590. The van der Waals surface area contributed by atoms with E-state index in [0.717, 1.165) is 11.1 Å². The van der Waals surface area contributed by atoms with Gasteiger partial charge < -0.3 is 14.6 Å². The molecule has 1 aromatic carbocycles. The van der Waals surface area contributed by atoms with Gasteiger partial charge in [0.25, 0.3) is 0 Å². The highest BCUT2D eigenvalue weighted by Gasteiger charge is 2.46. The molecule has 3 aromatic rings. The van der Waals surface area contributed by atoms with Crippen LogP contribution in [-0.4, -0.2) is 56.2 Å². The van der Waals surface area contributed by atoms with Gasteiger partial charge in [0.1, 0.15) is 17.5 Å². The Kier molecular flexibility index (Phi) is 4.97. The number of nitrogens with one attached hydrogen (secondary N) is 1. The molecule has 1 fully saturated rings. The Labute approximate surface area is 184 Å². The fourth-order valence-corrected chi connectivity index (χ4v) is 4.18. The van der Waals surface area contributed by atoms with Gasteiger partial charge in [0.05, 0.1) is 19.3 Å². The fourth-order valence-electron chi connectivity index (χ4n) is 4.18. The summed E-state index contributed by atoms with van der Waals surface area (Å²) in [7, 11) is 1.55. The molecule has 1 saturated heterocycles. The monoisotopic (exact) mass is 435 g/mol. The molecule has 2 aliphatic heterocycles. The molecule has 2 aromatic heterocycles. The number of methoxy groups -OCH3 is 1. The van der Waals surface area contributed by atoms with Crippen molar-refractivity contribution < 1.29 is 19.0 Å². The third-order valence-electron chi connectivity index (χ3n) is 5.84. The Morgan fingerprint density at radius 1 is 1.16 bits per heavy atom. The maximum atomic E-state index is 14.7. The SMILES string of the molecule is COc1cc(-c2ccc(-c3cnc(O[C@@H]4C[C@@]5(C)C=C[C@H](N5)[C@@H]4F)nn3)c(O)c2)ccn1. The largest absolute Gasteiger partial charge is 0.507 e. The highest BCUT2D eigenvalue weighted by molar-refractivity contribution is 5.74. The number of benzene rings is 1. The first-order valence-electron chi connectivity index (χ1n) is 10.3. The standard InChI is InChI=1S/C23H22FN5O3/c1-23-7-5-16(27-23)21(24)19(11-23)32-22-26-12-17(28-29-22)15-4-3-13(9-18(15)30)14-6-8-25-20(10-14)31-2/h3-10,12,16,19,21,27,30H,11H2,1-2H3/t16-,19+,21-,23+/m0/s1. The van der Waals surface area contributed by atoms with E-state index in [9.17, 15) is 9.50 Å². The zero-order valence-electron chi connectivity index (χ0n) is 17.6. The van der Waals surface area contributed by atoms with E-state index in [1.807, 2.05) is 31.2 Å². The number of phenolic OH excluding ortho intramolecular Hbond substituents is 1. The Hall–Kier alpha value is -3.59. The van der Waals surface area contributed by atoms with Gasteiger partial charge in [0.15, 0.2) is 6.17 Å². The zero-order chi connectivity index (χ0) is 22.3. The maximum Gasteiger partial charge on any atom is 0.336 e. The zero-order valence-corrected chi connectivity index (χ0v) is 17.6. The smallest absolute Gasteiger partial charge is 0.336 e. The normalized spacial score (nSPS) is 26.2. The second kappa shape index (κ2) is 7.83. The van der Waals surface area contributed by atoms with Crippen LogP contribution >= 0.6 is 0 Å². The van der Waals surface area contributed by atoms with Crippen molar-refractivity contribution in [2.75, 3.05) is 7.11 Å². The molecule has 0 aliphatic carbocycles. The average Bonchev–Trinajstić information content (AvgIpc) is 3.15. The number of fused-ring (bicyclic) bond motifs is 2. The molecule has 164 valence electrons. The Morgan fingerprint density at radius 3 is 2.75 bits per heavy atom. The number of rotatable bonds is 5. The van der Waals surface area contributed by atoms with Crippen molar-refractivity contribution in [3.63, 3.8) is 0 Å². The summed E-state index contributed by atoms with van der Waals surface area (Å²) in [5.41, 5.74) is 2.21. The van der Waals surface area contributed by atoms with Crippen LogP contribution in [0.3, 0.4) is 0 Å². The van der Waals surface area contributed by atoms with Crippen LogP contribution in [0.4, 0.5) is 4.39 Å². The Morgan fingerprint density at radius 2 is 2.00 bits per heavy atom. The van der Waals surface area contributed by atoms with Crippen LogP contribution in [0.5, 0.6) is 17.6 Å². The summed E-state index contributed by atoms with van der Waals surface area (Å²) in [6.45, 7) is 2.00. The lowest BCUT2D eigenvalue weighted by molar-refractivity contribution is 0.0262. The summed E-state index contributed by atoms with van der Waals surface area (Å²) in [6, 6.07) is 8.45. The van der Waals surface area contributed by atoms with Gasteiger partial charge in [0, 0.05) is 29.8 Å². The minimum atomic E-state index is -1.20. The van der Waals surface area contributed by atoms with E-state index in [1.165, 1.54) is 6.20 Å². The van der Waals surface area contributed by atoms with Crippen LogP contribution in [0, 0.1) is 0 Å². The molecule has 0 unspecified atom stereocenters. The summed E-state index contributed by atoms with van der Waals surface area (Å²) < 4.78 is 25.5. The highest BCUT2D eigenvalue weighted by Crippen LogP contribution is 2.35. The highest BCUT2D eigenvalue weighted by atomic mass is 19.1. The molecule has 0 radical (unpaired) electrons. The number of pyridine rings is 1. The molecule has 8 nitrogen and oxygen atoms in total. The number of halogens is 1. The van der Waals surface area contributed by atoms with Gasteiger partial charge in [-0.3, -0.25) is 5.32 Å². The van der Waals surface area contributed by atoms with Crippen LogP contribution in [0.15, 0.2) is 54.9 Å². The molecule has 2 aliphatic rings. The van der Waals surface area contributed by atoms with Crippen molar-refractivity contribution in [1.82, 2.24) is 25.5 Å².